The molecule has 0 aliphatic carbocycles. The minimum absolute atomic E-state index is 0.257. The van der Waals surface area contributed by atoms with Crippen molar-refractivity contribution in [3.63, 3.8) is 0 Å². The van der Waals surface area contributed by atoms with Crippen LogP contribution in [0.3, 0.4) is 0 Å². The van der Waals surface area contributed by atoms with Crippen molar-refractivity contribution in [1.82, 2.24) is 14.9 Å². The van der Waals surface area contributed by atoms with E-state index >= 15 is 0 Å². The maximum Gasteiger partial charge on any atom is 0.161 e. The molecule has 6 heteroatoms. The van der Waals surface area contributed by atoms with Crippen molar-refractivity contribution >= 4 is 0 Å². The normalized spacial score (nSPS) is 18.4. The van der Waals surface area contributed by atoms with Crippen molar-refractivity contribution in [3.8, 4) is 11.5 Å². The third-order valence-corrected chi connectivity index (χ3v) is 6.18. The Bertz CT molecular complexity index is 876. The highest BCUT2D eigenvalue weighted by Gasteiger charge is 2.42. The van der Waals surface area contributed by atoms with E-state index in [4.69, 9.17) is 19.2 Å². The maximum absolute atomic E-state index is 6.39. The summed E-state index contributed by atoms with van der Waals surface area (Å²) in [5.74, 6) is 2.84. The van der Waals surface area contributed by atoms with Gasteiger partial charge in [0.15, 0.2) is 11.5 Å². The number of ether oxygens (including phenoxy) is 3. The molecule has 0 saturated carbocycles. The summed E-state index contributed by atoms with van der Waals surface area (Å²) in [5.41, 5.74) is 3.38. The van der Waals surface area contributed by atoms with E-state index in [1.807, 2.05) is 19.2 Å². The zero-order valence-corrected chi connectivity index (χ0v) is 18.6. The first-order chi connectivity index (χ1) is 14.5. The Labute approximate surface area is 179 Å². The number of nitrogens with zero attached hydrogens (tertiary/aromatic N) is 3. The Kier molecular flexibility index (Phi) is 6.25. The van der Waals surface area contributed by atoms with E-state index in [0.29, 0.717) is 12.5 Å². The van der Waals surface area contributed by atoms with E-state index in [-0.39, 0.29) is 5.60 Å². The average Bonchev–Trinajstić information content (AvgIpc) is 2.76. The molecule has 0 atom stereocenters. The molecule has 1 aromatic carbocycles. The van der Waals surface area contributed by atoms with Crippen molar-refractivity contribution in [2.75, 3.05) is 33.4 Å². The lowest BCUT2D eigenvalue weighted by atomic mass is 9.83. The van der Waals surface area contributed by atoms with Gasteiger partial charge < -0.3 is 14.2 Å². The SMILES string of the molecule is CCOc1cc(CN2CCC3(CC2)OCCc2cnc(C(C)C)nc23)ccc1OC. The third kappa shape index (κ3) is 4.16. The highest BCUT2D eigenvalue weighted by Crippen LogP contribution is 2.41. The molecular weight excluding hydrogens is 378 g/mol. The quantitative estimate of drug-likeness (QED) is 0.714. The van der Waals surface area contributed by atoms with Crippen molar-refractivity contribution in [2.24, 2.45) is 0 Å². The number of rotatable bonds is 6. The summed E-state index contributed by atoms with van der Waals surface area (Å²) in [5, 5.41) is 0. The number of hydrogen-bond donors (Lipinski definition) is 0. The van der Waals surface area contributed by atoms with E-state index in [0.717, 1.165) is 68.5 Å². The van der Waals surface area contributed by atoms with Crippen LogP contribution in [0.25, 0.3) is 0 Å². The first-order valence-electron chi connectivity index (χ1n) is 11.1. The predicted octanol–water partition coefficient (Wildman–Crippen LogP) is 4.07. The molecular formula is C24H33N3O3. The fourth-order valence-corrected chi connectivity index (χ4v) is 4.50. The number of fused-ring (bicyclic) bond motifs is 2. The topological polar surface area (TPSA) is 56.7 Å². The maximum atomic E-state index is 6.39. The summed E-state index contributed by atoms with van der Waals surface area (Å²) in [6.45, 7) is 10.5. The Balaban J connectivity index is 1.47. The van der Waals surface area contributed by atoms with Gasteiger partial charge in [-0.1, -0.05) is 19.9 Å². The van der Waals surface area contributed by atoms with Gasteiger partial charge in [0.2, 0.25) is 0 Å². The fourth-order valence-electron chi connectivity index (χ4n) is 4.50. The van der Waals surface area contributed by atoms with Gasteiger partial charge in [0.05, 0.1) is 26.0 Å². The molecule has 1 fully saturated rings. The molecule has 6 nitrogen and oxygen atoms in total. The molecule has 0 bridgehead atoms. The molecule has 0 radical (unpaired) electrons. The summed E-state index contributed by atoms with van der Waals surface area (Å²) >= 11 is 0. The van der Waals surface area contributed by atoms with Gasteiger partial charge in [-0.3, -0.25) is 4.90 Å². The van der Waals surface area contributed by atoms with E-state index in [1.54, 1.807) is 7.11 Å². The molecule has 4 rings (SSSR count). The lowest BCUT2D eigenvalue weighted by molar-refractivity contribution is -0.102. The second-order valence-corrected chi connectivity index (χ2v) is 8.54. The molecule has 0 unspecified atom stereocenters. The predicted molar refractivity (Wildman–Crippen MR) is 116 cm³/mol. The molecule has 1 saturated heterocycles. The van der Waals surface area contributed by atoms with Gasteiger partial charge >= 0.3 is 0 Å². The smallest absolute Gasteiger partial charge is 0.161 e. The molecule has 162 valence electrons. The molecule has 2 aromatic rings. The van der Waals surface area contributed by atoms with Crippen LogP contribution in [0.2, 0.25) is 0 Å². The monoisotopic (exact) mass is 411 g/mol. The van der Waals surface area contributed by atoms with Crippen LogP contribution in [0.4, 0.5) is 0 Å². The molecule has 2 aliphatic heterocycles. The Hall–Kier alpha value is -2.18. The molecule has 2 aliphatic rings. The number of aromatic nitrogens is 2. The van der Waals surface area contributed by atoms with Crippen molar-refractivity contribution in [3.05, 3.63) is 47.0 Å². The van der Waals surface area contributed by atoms with Gasteiger partial charge in [-0.05, 0) is 49.4 Å². The lowest BCUT2D eigenvalue weighted by Crippen LogP contribution is -2.47. The van der Waals surface area contributed by atoms with Crippen LogP contribution in [-0.4, -0.2) is 48.3 Å². The van der Waals surface area contributed by atoms with Crippen molar-refractivity contribution in [2.45, 2.75) is 58.1 Å². The minimum Gasteiger partial charge on any atom is -0.493 e. The summed E-state index contributed by atoms with van der Waals surface area (Å²) < 4.78 is 17.5. The highest BCUT2D eigenvalue weighted by atomic mass is 16.5. The standard InChI is InChI=1S/C24H33N3O3/c1-5-29-21-14-18(6-7-20(21)28-4)16-27-11-9-24(10-12-27)22-19(8-13-30-24)15-25-23(26-22)17(2)3/h6-7,14-15,17H,5,8-13,16H2,1-4H3. The van der Waals surface area contributed by atoms with Crippen LogP contribution >= 0.6 is 0 Å². The van der Waals surface area contributed by atoms with Gasteiger partial charge in [0, 0.05) is 31.7 Å². The number of hydrogen-bond acceptors (Lipinski definition) is 6. The van der Waals surface area contributed by atoms with Crippen LogP contribution in [0.5, 0.6) is 11.5 Å². The molecule has 30 heavy (non-hydrogen) atoms. The molecule has 0 N–H and O–H groups in total. The molecule has 1 aromatic heterocycles. The Morgan fingerprint density at radius 2 is 2.00 bits per heavy atom. The van der Waals surface area contributed by atoms with E-state index in [2.05, 4.69) is 35.9 Å². The second-order valence-electron chi connectivity index (χ2n) is 8.54. The number of methoxy groups -OCH3 is 1. The van der Waals surface area contributed by atoms with Crippen LogP contribution in [-0.2, 0) is 23.3 Å². The highest BCUT2D eigenvalue weighted by molar-refractivity contribution is 5.43. The Morgan fingerprint density at radius 1 is 1.20 bits per heavy atom. The zero-order valence-electron chi connectivity index (χ0n) is 18.6. The second kappa shape index (κ2) is 8.90. The van der Waals surface area contributed by atoms with E-state index in [9.17, 15) is 0 Å². The van der Waals surface area contributed by atoms with Gasteiger partial charge in [0.25, 0.3) is 0 Å². The summed E-state index contributed by atoms with van der Waals surface area (Å²) in [4.78, 5) is 12.0. The number of likely N-dealkylation sites (tertiary alicyclic amines) is 1. The van der Waals surface area contributed by atoms with Crippen molar-refractivity contribution < 1.29 is 14.2 Å². The van der Waals surface area contributed by atoms with Gasteiger partial charge in [-0.2, -0.15) is 0 Å². The van der Waals surface area contributed by atoms with Crippen LogP contribution < -0.4 is 9.47 Å². The lowest BCUT2D eigenvalue weighted by Gasteiger charge is -2.44. The van der Waals surface area contributed by atoms with Gasteiger partial charge in [0.1, 0.15) is 11.4 Å². The first kappa shape index (κ1) is 21.1. The fraction of sp³-hybridized carbons (Fsp3) is 0.583. The summed E-state index contributed by atoms with van der Waals surface area (Å²) in [6, 6.07) is 6.22. The molecule has 0 amide bonds. The van der Waals surface area contributed by atoms with Crippen molar-refractivity contribution in [1.29, 1.82) is 0 Å². The van der Waals surface area contributed by atoms with Crippen LogP contribution in [0.15, 0.2) is 24.4 Å². The van der Waals surface area contributed by atoms with Gasteiger partial charge in [-0.15, -0.1) is 0 Å². The largest absolute Gasteiger partial charge is 0.493 e. The average molecular weight is 412 g/mol. The summed E-state index contributed by atoms with van der Waals surface area (Å²) in [6.07, 6.45) is 4.86. The Morgan fingerprint density at radius 3 is 2.70 bits per heavy atom. The van der Waals surface area contributed by atoms with Crippen LogP contribution in [0.1, 0.15) is 62.2 Å². The van der Waals surface area contributed by atoms with E-state index in [1.165, 1.54) is 11.1 Å². The minimum atomic E-state index is -0.257. The number of benzene rings is 1. The number of piperidine rings is 1. The van der Waals surface area contributed by atoms with Crippen LogP contribution in [0, 0.1) is 0 Å². The first-order valence-corrected chi connectivity index (χ1v) is 11.1. The van der Waals surface area contributed by atoms with E-state index < -0.39 is 0 Å². The zero-order chi connectivity index (χ0) is 21.1. The van der Waals surface area contributed by atoms with Gasteiger partial charge in [-0.25, -0.2) is 9.97 Å². The molecule has 1 spiro atoms. The third-order valence-electron chi connectivity index (χ3n) is 6.18. The molecule has 3 heterocycles. The summed E-state index contributed by atoms with van der Waals surface area (Å²) in [7, 11) is 1.68.